The van der Waals surface area contributed by atoms with Crippen molar-refractivity contribution < 1.29 is 24.0 Å². The summed E-state index contributed by atoms with van der Waals surface area (Å²) in [6.45, 7) is 12.0. The van der Waals surface area contributed by atoms with Crippen LogP contribution in [0.5, 0.6) is 0 Å². The smallest absolute Gasteiger partial charge is 0.315 e. The normalized spacial score (nSPS) is 26.3. The van der Waals surface area contributed by atoms with Gasteiger partial charge in [-0.05, 0) is 61.7 Å². The van der Waals surface area contributed by atoms with E-state index in [1.807, 2.05) is 0 Å². The number of rotatable bonds is 13. The first-order valence-corrected chi connectivity index (χ1v) is 16.3. The van der Waals surface area contributed by atoms with Gasteiger partial charge in [0.25, 0.3) is 5.91 Å². The third kappa shape index (κ3) is 7.68. The Hall–Kier alpha value is -3.17. The Morgan fingerprint density at radius 2 is 1.56 bits per heavy atom. The van der Waals surface area contributed by atoms with Crippen LogP contribution in [0.25, 0.3) is 0 Å². The van der Waals surface area contributed by atoms with E-state index in [0.29, 0.717) is 13.0 Å². The third-order valence-electron chi connectivity index (χ3n) is 10.3. The number of fused-ring (bicyclic) bond motifs is 1. The number of carbonyl (C=O) groups is 5. The highest BCUT2D eigenvalue weighted by molar-refractivity contribution is 6.38. The quantitative estimate of drug-likeness (QED) is 0.191. The summed E-state index contributed by atoms with van der Waals surface area (Å²) in [5.74, 6) is -2.10. The van der Waals surface area contributed by atoms with Gasteiger partial charge in [0.1, 0.15) is 12.1 Å². The van der Waals surface area contributed by atoms with Gasteiger partial charge in [0.05, 0.1) is 6.04 Å². The third-order valence-corrected chi connectivity index (χ3v) is 10.3. The van der Waals surface area contributed by atoms with Crippen molar-refractivity contribution >= 4 is 29.5 Å². The molecule has 0 spiro atoms. The predicted octanol–water partition coefficient (Wildman–Crippen LogP) is 3.37. The van der Waals surface area contributed by atoms with Crippen LogP contribution >= 0.6 is 0 Å². The SMILES string of the molecule is C=CCCC(NC(=O)[C@@H]1[C@@H]2[C@H](CN1C(=O)[C@@H](NC(=O)NC1CCCCC1)C1CCCCC1)C2(C)C)C(=O)C(=O)NCC=C. The number of urea groups is 1. The molecule has 1 unspecified atom stereocenters. The van der Waals surface area contributed by atoms with E-state index in [1.54, 1.807) is 11.0 Å². The summed E-state index contributed by atoms with van der Waals surface area (Å²) >= 11 is 0. The molecular weight excluding hydrogens is 546 g/mol. The van der Waals surface area contributed by atoms with Crippen LogP contribution in [-0.4, -0.2) is 71.7 Å². The Kier molecular flexibility index (Phi) is 11.1. The highest BCUT2D eigenvalue weighted by Gasteiger charge is 2.69. The monoisotopic (exact) mass is 597 g/mol. The number of nitrogens with one attached hydrogen (secondary N) is 4. The van der Waals surface area contributed by atoms with E-state index in [1.165, 1.54) is 12.5 Å². The number of carbonyl (C=O) groups excluding carboxylic acids is 5. The van der Waals surface area contributed by atoms with E-state index in [0.717, 1.165) is 57.8 Å². The van der Waals surface area contributed by atoms with Crippen molar-refractivity contribution in [2.75, 3.05) is 13.1 Å². The summed E-state index contributed by atoms with van der Waals surface area (Å²) in [6.07, 6.45) is 13.8. The lowest BCUT2D eigenvalue weighted by molar-refractivity contribution is -0.144. The van der Waals surface area contributed by atoms with Crippen LogP contribution in [0.3, 0.4) is 0 Å². The zero-order valence-corrected chi connectivity index (χ0v) is 26.0. The second-order valence-electron chi connectivity index (χ2n) is 13.5. The Labute approximate surface area is 256 Å². The van der Waals surface area contributed by atoms with Crippen LogP contribution < -0.4 is 21.3 Å². The minimum atomic E-state index is -1.04. The van der Waals surface area contributed by atoms with E-state index < -0.39 is 35.7 Å². The fourth-order valence-electron chi connectivity index (χ4n) is 7.68. The summed E-state index contributed by atoms with van der Waals surface area (Å²) in [5.41, 5.74) is -0.132. The van der Waals surface area contributed by atoms with E-state index in [4.69, 9.17) is 0 Å². The van der Waals surface area contributed by atoms with Crippen molar-refractivity contribution in [2.24, 2.45) is 23.2 Å². The fraction of sp³-hybridized carbons (Fsp3) is 0.727. The first kappa shape index (κ1) is 32.7. The number of hydrogen-bond donors (Lipinski definition) is 4. The van der Waals surface area contributed by atoms with Gasteiger partial charge < -0.3 is 26.2 Å². The van der Waals surface area contributed by atoms with Gasteiger partial charge in [-0.1, -0.05) is 64.5 Å². The van der Waals surface area contributed by atoms with Gasteiger partial charge in [0.2, 0.25) is 17.6 Å². The molecule has 10 nitrogen and oxygen atoms in total. The van der Waals surface area contributed by atoms with Crippen LogP contribution in [-0.2, 0) is 19.2 Å². The number of amides is 5. The summed E-state index contributed by atoms with van der Waals surface area (Å²) in [7, 11) is 0. The second-order valence-corrected chi connectivity index (χ2v) is 13.5. The molecule has 1 aliphatic heterocycles. The molecule has 4 aliphatic rings. The average molecular weight is 598 g/mol. The number of Topliss-reactive ketones (excluding diaryl/α,β-unsaturated/α-hetero) is 1. The predicted molar refractivity (Wildman–Crippen MR) is 165 cm³/mol. The van der Waals surface area contributed by atoms with E-state index in [9.17, 15) is 24.0 Å². The standard InChI is InChI=1S/C33H51N5O5/c1-5-7-18-24(28(39)30(41)34-19-6-2)36-29(40)27-25-23(33(25,3)4)20-38(27)31(42)26(21-14-10-8-11-15-21)37-32(43)35-22-16-12-9-13-17-22/h5-6,21-27H,1-2,7-20H2,3-4H3,(H,34,41)(H,36,40)(H2,35,37,43)/t23-,24?,25-,26-,27-/m0/s1. The van der Waals surface area contributed by atoms with Crippen LogP contribution in [0.15, 0.2) is 25.3 Å². The van der Waals surface area contributed by atoms with E-state index in [2.05, 4.69) is 48.3 Å². The minimum absolute atomic E-state index is 0.00229. The van der Waals surface area contributed by atoms with Crippen molar-refractivity contribution in [1.29, 1.82) is 0 Å². The maximum absolute atomic E-state index is 14.3. The molecule has 5 amide bonds. The molecule has 1 heterocycles. The molecule has 4 N–H and O–H groups in total. The number of allylic oxidation sites excluding steroid dienone is 1. The topological polar surface area (TPSA) is 137 Å². The maximum Gasteiger partial charge on any atom is 0.315 e. The second kappa shape index (κ2) is 14.5. The van der Waals surface area contributed by atoms with Crippen LogP contribution in [0.4, 0.5) is 4.79 Å². The molecule has 0 radical (unpaired) electrons. The molecule has 4 rings (SSSR count). The Bertz CT molecular complexity index is 1080. The molecule has 0 aromatic heterocycles. The highest BCUT2D eigenvalue weighted by atomic mass is 16.2. The molecule has 10 heteroatoms. The van der Waals surface area contributed by atoms with E-state index in [-0.39, 0.29) is 54.1 Å². The zero-order valence-electron chi connectivity index (χ0n) is 26.0. The fourth-order valence-corrected chi connectivity index (χ4v) is 7.68. The molecular formula is C33H51N5O5. The molecule has 238 valence electrons. The Morgan fingerprint density at radius 1 is 0.907 bits per heavy atom. The van der Waals surface area contributed by atoms with Crippen molar-refractivity contribution in [3.05, 3.63) is 25.3 Å². The highest BCUT2D eigenvalue weighted by Crippen LogP contribution is 2.65. The Balaban J connectivity index is 1.52. The number of hydrogen-bond acceptors (Lipinski definition) is 5. The molecule has 0 bridgehead atoms. The van der Waals surface area contributed by atoms with Crippen molar-refractivity contribution in [3.63, 3.8) is 0 Å². The summed E-state index contributed by atoms with van der Waals surface area (Å²) < 4.78 is 0. The van der Waals surface area contributed by atoms with Gasteiger partial charge in [-0.2, -0.15) is 0 Å². The molecule has 0 aromatic carbocycles. The van der Waals surface area contributed by atoms with Crippen molar-refractivity contribution in [2.45, 2.75) is 115 Å². The molecule has 43 heavy (non-hydrogen) atoms. The largest absolute Gasteiger partial charge is 0.346 e. The molecule has 0 aromatic rings. The lowest BCUT2D eigenvalue weighted by Gasteiger charge is -2.37. The summed E-state index contributed by atoms with van der Waals surface area (Å²) in [4.78, 5) is 68.6. The van der Waals surface area contributed by atoms with Gasteiger partial charge in [-0.25, -0.2) is 4.79 Å². The number of ketones is 1. The molecule has 5 atom stereocenters. The van der Waals surface area contributed by atoms with Crippen LogP contribution in [0.2, 0.25) is 0 Å². The molecule has 1 saturated heterocycles. The minimum Gasteiger partial charge on any atom is -0.346 e. The van der Waals surface area contributed by atoms with Crippen molar-refractivity contribution in [3.8, 4) is 0 Å². The lowest BCUT2D eigenvalue weighted by atomic mass is 9.83. The Morgan fingerprint density at radius 3 is 2.19 bits per heavy atom. The first-order chi connectivity index (χ1) is 20.6. The molecule has 3 aliphatic carbocycles. The van der Waals surface area contributed by atoms with Gasteiger partial charge in [-0.15, -0.1) is 13.2 Å². The number of nitrogens with zero attached hydrogens (tertiary/aromatic N) is 1. The van der Waals surface area contributed by atoms with Crippen LogP contribution in [0.1, 0.15) is 90.9 Å². The number of piperidine rings is 1. The summed E-state index contributed by atoms with van der Waals surface area (Å²) in [5, 5.41) is 11.5. The van der Waals surface area contributed by atoms with Gasteiger partial charge >= 0.3 is 6.03 Å². The maximum atomic E-state index is 14.3. The zero-order chi connectivity index (χ0) is 31.1. The van der Waals surface area contributed by atoms with Gasteiger partial charge in [-0.3, -0.25) is 19.2 Å². The lowest BCUT2D eigenvalue weighted by Crippen LogP contribution is -2.60. The average Bonchev–Trinajstić information content (AvgIpc) is 3.31. The van der Waals surface area contributed by atoms with Gasteiger partial charge in [0, 0.05) is 19.1 Å². The number of likely N-dealkylation sites (tertiary alicyclic amines) is 1. The first-order valence-electron chi connectivity index (χ1n) is 16.3. The van der Waals surface area contributed by atoms with Crippen molar-refractivity contribution in [1.82, 2.24) is 26.2 Å². The molecule has 4 fully saturated rings. The van der Waals surface area contributed by atoms with E-state index >= 15 is 0 Å². The van der Waals surface area contributed by atoms with Gasteiger partial charge in [0.15, 0.2) is 0 Å². The molecule has 3 saturated carbocycles. The van der Waals surface area contributed by atoms with Crippen LogP contribution in [0, 0.1) is 23.2 Å². The summed E-state index contributed by atoms with van der Waals surface area (Å²) in [6, 6.07) is -2.74.